The number of hydrogen-bond acceptors (Lipinski definition) is 19. The summed E-state index contributed by atoms with van der Waals surface area (Å²) in [5, 5.41) is 63.9. The summed E-state index contributed by atoms with van der Waals surface area (Å²) in [4.78, 5) is 86.7. The molecule has 458 valence electrons. The van der Waals surface area contributed by atoms with Crippen LogP contribution in [0.25, 0.3) is 32.7 Å². The normalized spacial score (nSPS) is 19.6. The van der Waals surface area contributed by atoms with Crippen LogP contribution < -0.4 is 21.7 Å². The molecule has 27 nitrogen and oxygen atoms in total. The second-order valence-electron chi connectivity index (χ2n) is 23.8. The van der Waals surface area contributed by atoms with E-state index in [1.807, 2.05) is 39.0 Å². The molecular weight excluding hydrogens is 1120 g/mol. The van der Waals surface area contributed by atoms with Gasteiger partial charge in [0, 0.05) is 34.9 Å². The number of nitrogens with zero attached hydrogens (tertiary/aromatic N) is 7. The molecule has 9 rings (SSSR count). The second kappa shape index (κ2) is 27.1. The zero-order chi connectivity index (χ0) is 61.5. The number of benzene rings is 3. The maximum Gasteiger partial charge on any atom is 0.435 e. The van der Waals surface area contributed by atoms with Crippen molar-refractivity contribution in [1.82, 2.24) is 44.9 Å². The van der Waals surface area contributed by atoms with Crippen molar-refractivity contribution in [2.75, 3.05) is 36.0 Å². The number of likely N-dealkylation sites (tertiary alicyclic amines) is 2. The third-order valence-corrected chi connectivity index (χ3v) is 12.4. The van der Waals surface area contributed by atoms with E-state index in [1.54, 1.807) is 111 Å². The summed E-state index contributed by atoms with van der Waals surface area (Å²) in [6.07, 6.45) is 0.647. The number of carboxylic acids is 1. The van der Waals surface area contributed by atoms with Crippen molar-refractivity contribution in [1.29, 1.82) is 0 Å². The van der Waals surface area contributed by atoms with E-state index in [9.17, 15) is 48.9 Å². The average molecular weight is 1190 g/mol. The summed E-state index contributed by atoms with van der Waals surface area (Å²) >= 11 is 0. The molecule has 3 aromatic carbocycles. The molecule has 0 radical (unpaired) electrons. The van der Waals surface area contributed by atoms with Crippen molar-refractivity contribution in [2.45, 2.75) is 161 Å². The van der Waals surface area contributed by atoms with Crippen LogP contribution in [0.1, 0.15) is 102 Å². The Morgan fingerprint density at radius 1 is 0.560 bits per heavy atom. The number of anilines is 3. The topological polar surface area (TPSA) is 370 Å². The molecule has 6 atom stereocenters. The van der Waals surface area contributed by atoms with Crippen LogP contribution in [0, 0.1) is 0 Å². The highest BCUT2D eigenvalue weighted by Crippen LogP contribution is 2.29. The van der Waals surface area contributed by atoms with Gasteiger partial charge < -0.3 is 61.1 Å². The van der Waals surface area contributed by atoms with Crippen molar-refractivity contribution in [3.63, 3.8) is 0 Å². The number of fused-ring (bicyclic) bond motifs is 3. The number of rotatable bonds is 5. The summed E-state index contributed by atoms with van der Waals surface area (Å²) in [6.45, 7) is 22.1. The Kier molecular flexibility index (Phi) is 21.5. The molecule has 0 unspecified atom stereocenters. The van der Waals surface area contributed by atoms with Gasteiger partial charge in [-0.2, -0.15) is 24.7 Å². The van der Waals surface area contributed by atoms with Crippen molar-refractivity contribution in [3.05, 3.63) is 73.2 Å². The summed E-state index contributed by atoms with van der Waals surface area (Å²) in [6, 6.07) is 13.0. The standard InChI is InChI=1S/C22H30N4O6.C12H14N4O2.C12H15N3O2.C10H17NO5.ClH/c1-21(2,3)31-19(29)25-11-10-16(27)17(25)18(28)24-14-8-7-9-15-13(14)12-23-26(15)20(30)32-22(4,5)6;17-10-4-5-13-11(10)12(18)15-8-2-1-3-9-7(8)6-14-16-9;1-12(2,3)17-11(16)15-10-6-4-5-9(13)8(10)7-14-15;1-10(2,3)16-9(15)11-5-4-6(12)7(11)8(13)14;/h7-9,12,16-17,27H,10-11H2,1-6H3,(H,24,28);1-3,6,10-11,13,17H,4-5H2,(H,14,16)(H,15,18);4-7H,13H2,1-3H3;6-7,12H,4-5H2,1-3H3,(H,13,14);1H/t16-,17+;10-,11+;;6-,7+;/m00.0./s1. The Morgan fingerprint density at radius 3 is 1.50 bits per heavy atom. The van der Waals surface area contributed by atoms with E-state index in [1.165, 1.54) is 15.8 Å². The number of nitrogens with one attached hydrogen (secondary N) is 4. The van der Waals surface area contributed by atoms with E-state index >= 15 is 0 Å². The van der Waals surface area contributed by atoms with E-state index in [0.29, 0.717) is 46.4 Å². The lowest BCUT2D eigenvalue weighted by molar-refractivity contribution is -0.144. The van der Waals surface area contributed by atoms with E-state index < -0.39 is 95.1 Å². The van der Waals surface area contributed by atoms with Gasteiger partial charge in [-0.1, -0.05) is 18.2 Å². The number of hydrogen-bond donors (Lipinski definition) is 9. The van der Waals surface area contributed by atoms with Gasteiger partial charge in [0.2, 0.25) is 11.8 Å². The van der Waals surface area contributed by atoms with Gasteiger partial charge in [-0.25, -0.2) is 24.0 Å². The van der Waals surface area contributed by atoms with E-state index in [-0.39, 0.29) is 44.2 Å². The summed E-state index contributed by atoms with van der Waals surface area (Å²) in [5.74, 6) is -1.98. The Bertz CT molecular complexity index is 3320. The fourth-order valence-corrected chi connectivity index (χ4v) is 8.80. The van der Waals surface area contributed by atoms with Crippen molar-refractivity contribution < 1.29 is 72.9 Å². The van der Waals surface area contributed by atoms with Crippen LogP contribution >= 0.6 is 12.4 Å². The van der Waals surface area contributed by atoms with Crippen LogP contribution in [-0.4, -0.2) is 181 Å². The fraction of sp³-hybridized carbons (Fsp3) is 0.500. The molecule has 0 bridgehead atoms. The van der Waals surface area contributed by atoms with E-state index in [0.717, 1.165) is 25.9 Å². The number of H-pyrrole nitrogens is 1. The molecule has 6 aromatic rings. The molecule has 0 aliphatic carbocycles. The molecule has 3 aliphatic heterocycles. The lowest BCUT2D eigenvalue weighted by Gasteiger charge is -2.28. The number of nitrogens with two attached hydrogens (primary N) is 1. The quantitative estimate of drug-likeness (QED) is 0.0647. The number of halogens is 1. The first-order valence-corrected chi connectivity index (χ1v) is 26.8. The first-order chi connectivity index (χ1) is 38.6. The molecule has 3 aromatic heterocycles. The minimum absolute atomic E-state index is 0. The first-order valence-electron chi connectivity index (χ1n) is 26.8. The number of carboxylic acid groups (broad SMARTS) is 1. The van der Waals surface area contributed by atoms with Crippen LogP contribution in [0.5, 0.6) is 0 Å². The number of carbonyl (C=O) groups excluding carboxylic acids is 6. The molecule has 0 spiro atoms. The van der Waals surface area contributed by atoms with Crippen molar-refractivity contribution >= 4 is 104 Å². The predicted molar refractivity (Wildman–Crippen MR) is 312 cm³/mol. The third-order valence-electron chi connectivity index (χ3n) is 12.4. The molecule has 3 saturated heterocycles. The smallest absolute Gasteiger partial charge is 0.435 e. The number of aliphatic hydroxyl groups is 3. The molecule has 4 amide bonds. The van der Waals surface area contributed by atoms with Crippen LogP contribution in [0.4, 0.5) is 36.2 Å². The highest BCUT2D eigenvalue weighted by molar-refractivity contribution is 6.06. The zero-order valence-electron chi connectivity index (χ0n) is 49.0. The molecular formula is C56H77ClN12O15. The number of aromatic nitrogens is 6. The van der Waals surface area contributed by atoms with Crippen LogP contribution in [0.3, 0.4) is 0 Å². The Labute approximate surface area is 490 Å². The van der Waals surface area contributed by atoms with Crippen molar-refractivity contribution in [3.8, 4) is 0 Å². The van der Waals surface area contributed by atoms with Gasteiger partial charge in [0.15, 0.2) is 6.04 Å². The van der Waals surface area contributed by atoms with E-state index in [4.69, 9.17) is 29.8 Å². The highest BCUT2D eigenvalue weighted by atomic mass is 35.5. The lowest BCUT2D eigenvalue weighted by Crippen LogP contribution is -2.49. The summed E-state index contributed by atoms with van der Waals surface area (Å²) in [7, 11) is 0. The van der Waals surface area contributed by atoms with Crippen LogP contribution in [0.15, 0.2) is 73.2 Å². The largest absolute Gasteiger partial charge is 0.480 e. The second-order valence-corrected chi connectivity index (χ2v) is 23.8. The Morgan fingerprint density at radius 2 is 1.00 bits per heavy atom. The Hall–Kier alpha value is -8.11. The minimum atomic E-state index is -1.21. The Balaban J connectivity index is 0.000000214. The lowest BCUT2D eigenvalue weighted by atomic mass is 10.1. The summed E-state index contributed by atoms with van der Waals surface area (Å²) < 4.78 is 23.4. The fourth-order valence-electron chi connectivity index (χ4n) is 8.80. The van der Waals surface area contributed by atoms with Gasteiger partial charge in [0.05, 0.1) is 64.8 Å². The molecule has 28 heteroatoms. The highest BCUT2D eigenvalue weighted by Gasteiger charge is 2.44. The summed E-state index contributed by atoms with van der Waals surface area (Å²) in [5.41, 5.74) is 6.82. The zero-order valence-corrected chi connectivity index (χ0v) is 49.8. The molecule has 0 saturated carbocycles. The van der Waals surface area contributed by atoms with Gasteiger partial charge in [0.25, 0.3) is 0 Å². The van der Waals surface area contributed by atoms with Crippen LogP contribution in [-0.2, 0) is 33.3 Å². The minimum Gasteiger partial charge on any atom is -0.480 e. The maximum atomic E-state index is 13.0. The number of ether oxygens (including phenoxy) is 4. The third kappa shape index (κ3) is 17.5. The SMILES string of the molecule is CC(C)(C)OC(=O)N1CC[C@H](O)[C@@H]1C(=O)Nc1cccc2c1cnn2C(=O)OC(C)(C)C.CC(C)(C)OC(=O)N1CC[C@H](O)[C@@H]1C(=O)O.CC(C)(C)OC(=O)n1ncc2c(N)cccc21.Cl.O=C(Nc1cccc2[nH]ncc12)[C@@H]1NCC[C@@H]1O. The number of aliphatic hydroxyl groups excluding tert-OH is 3. The van der Waals surface area contributed by atoms with Gasteiger partial charge in [-0.3, -0.25) is 24.5 Å². The molecule has 10 N–H and O–H groups in total. The molecule has 3 fully saturated rings. The van der Waals surface area contributed by atoms with Gasteiger partial charge in [0.1, 0.15) is 34.5 Å². The van der Waals surface area contributed by atoms with E-state index in [2.05, 4.69) is 36.3 Å². The number of aliphatic carboxylic acids is 1. The number of aromatic amines is 1. The van der Waals surface area contributed by atoms with Crippen LogP contribution in [0.2, 0.25) is 0 Å². The number of nitrogen functional groups attached to an aromatic ring is 1. The van der Waals surface area contributed by atoms with Gasteiger partial charge in [-0.15, -0.1) is 12.4 Å². The maximum absolute atomic E-state index is 13.0. The van der Waals surface area contributed by atoms with Crippen molar-refractivity contribution in [2.24, 2.45) is 0 Å². The molecule has 84 heavy (non-hydrogen) atoms. The van der Waals surface area contributed by atoms with Gasteiger partial charge in [-0.05, 0) is 145 Å². The molecule has 3 aliphatic rings. The average Bonchev–Trinajstić information content (AvgIpc) is 2.89. The monoisotopic (exact) mass is 1190 g/mol. The van der Waals surface area contributed by atoms with Gasteiger partial charge >= 0.3 is 30.3 Å². The predicted octanol–water partition coefficient (Wildman–Crippen LogP) is 6.62. The number of carbonyl (C=O) groups is 7. The first kappa shape index (κ1) is 66.7. The molecule has 6 heterocycles. The number of amides is 4.